The van der Waals surface area contributed by atoms with Crippen molar-refractivity contribution < 1.29 is 10.2 Å². The summed E-state index contributed by atoms with van der Waals surface area (Å²) in [6.45, 7) is 7.08. The van der Waals surface area contributed by atoms with E-state index in [1.807, 2.05) is 6.92 Å². The van der Waals surface area contributed by atoms with E-state index in [0.717, 1.165) is 13.0 Å². The molecular weight excluding hydrogens is 190 g/mol. The Kier molecular flexibility index (Phi) is 8.02. The molecule has 1 atom stereocenters. The van der Waals surface area contributed by atoms with E-state index in [2.05, 4.69) is 19.2 Å². The Morgan fingerprint density at radius 3 is 2.20 bits per heavy atom. The summed E-state index contributed by atoms with van der Waals surface area (Å²) in [5.74, 6) is 0.655. The molecule has 0 aromatic rings. The Balaban J connectivity index is 3.87. The van der Waals surface area contributed by atoms with Crippen LogP contribution in [0.4, 0.5) is 0 Å². The maximum Gasteiger partial charge on any atom is 0.0633 e. The van der Waals surface area contributed by atoms with Crippen LogP contribution >= 0.6 is 0 Å². The lowest BCUT2D eigenvalue weighted by molar-refractivity contribution is 0.0996. The summed E-state index contributed by atoms with van der Waals surface area (Å²) in [7, 11) is 0. The van der Waals surface area contributed by atoms with Gasteiger partial charge in [-0.2, -0.15) is 0 Å². The molecule has 15 heavy (non-hydrogen) atoms. The van der Waals surface area contributed by atoms with Gasteiger partial charge in [0.1, 0.15) is 0 Å². The summed E-state index contributed by atoms with van der Waals surface area (Å²) in [4.78, 5) is 0. The molecule has 92 valence electrons. The van der Waals surface area contributed by atoms with Crippen molar-refractivity contribution >= 4 is 0 Å². The molecule has 0 fully saturated rings. The molecule has 0 aliphatic rings. The Morgan fingerprint density at radius 1 is 1.20 bits per heavy atom. The van der Waals surface area contributed by atoms with E-state index in [1.165, 1.54) is 19.3 Å². The highest BCUT2D eigenvalue weighted by molar-refractivity contribution is 4.82. The minimum atomic E-state index is -0.528. The number of aliphatic hydroxyl groups is 2. The molecule has 0 aliphatic heterocycles. The molecule has 3 N–H and O–H groups in total. The van der Waals surface area contributed by atoms with Crippen LogP contribution in [0.25, 0.3) is 0 Å². The largest absolute Gasteiger partial charge is 0.394 e. The summed E-state index contributed by atoms with van der Waals surface area (Å²) >= 11 is 0. The maximum absolute atomic E-state index is 9.12. The summed E-state index contributed by atoms with van der Waals surface area (Å²) < 4.78 is 0. The van der Waals surface area contributed by atoms with E-state index < -0.39 is 5.54 Å². The van der Waals surface area contributed by atoms with Crippen LogP contribution in [0.2, 0.25) is 0 Å². The van der Waals surface area contributed by atoms with Crippen molar-refractivity contribution in [3.05, 3.63) is 0 Å². The van der Waals surface area contributed by atoms with Gasteiger partial charge in [-0.25, -0.2) is 0 Å². The molecule has 0 radical (unpaired) electrons. The second kappa shape index (κ2) is 8.08. The van der Waals surface area contributed by atoms with E-state index in [9.17, 15) is 0 Å². The highest BCUT2D eigenvalue weighted by Gasteiger charge is 2.22. The van der Waals surface area contributed by atoms with Gasteiger partial charge < -0.3 is 15.5 Å². The SMILES string of the molecule is CCCCC(CC)CNC(C)(CO)CO. The fraction of sp³-hybridized carbons (Fsp3) is 1.00. The highest BCUT2D eigenvalue weighted by atomic mass is 16.3. The van der Waals surface area contributed by atoms with Gasteiger partial charge in [0.2, 0.25) is 0 Å². The first-order valence-corrected chi connectivity index (χ1v) is 6.08. The van der Waals surface area contributed by atoms with Gasteiger partial charge in [0.05, 0.1) is 18.8 Å². The molecule has 0 heterocycles. The molecule has 3 nitrogen and oxygen atoms in total. The topological polar surface area (TPSA) is 52.5 Å². The summed E-state index contributed by atoms with van der Waals surface area (Å²) in [5.41, 5.74) is -0.528. The number of hydrogen-bond acceptors (Lipinski definition) is 3. The third-order valence-corrected chi connectivity index (χ3v) is 3.06. The maximum atomic E-state index is 9.12. The van der Waals surface area contributed by atoms with Crippen LogP contribution in [-0.2, 0) is 0 Å². The molecule has 0 saturated carbocycles. The monoisotopic (exact) mass is 217 g/mol. The predicted octanol–water partition coefficient (Wildman–Crippen LogP) is 1.54. The first-order chi connectivity index (χ1) is 7.11. The molecule has 0 aromatic carbocycles. The molecular formula is C12H27NO2. The molecule has 0 rings (SSSR count). The van der Waals surface area contributed by atoms with Gasteiger partial charge in [0.15, 0.2) is 0 Å². The molecule has 3 heteroatoms. The molecule has 1 unspecified atom stereocenters. The summed E-state index contributed by atoms with van der Waals surface area (Å²) in [5, 5.41) is 21.5. The van der Waals surface area contributed by atoms with Crippen molar-refractivity contribution in [2.75, 3.05) is 19.8 Å². The number of hydrogen-bond donors (Lipinski definition) is 3. The number of rotatable bonds is 9. The van der Waals surface area contributed by atoms with Crippen LogP contribution in [0.1, 0.15) is 46.5 Å². The quantitative estimate of drug-likeness (QED) is 0.549. The average Bonchev–Trinajstić information content (AvgIpc) is 2.29. The fourth-order valence-electron chi connectivity index (χ4n) is 1.50. The number of nitrogens with one attached hydrogen (secondary N) is 1. The lowest BCUT2D eigenvalue weighted by atomic mass is 9.97. The van der Waals surface area contributed by atoms with Crippen molar-refractivity contribution in [1.29, 1.82) is 0 Å². The number of unbranched alkanes of at least 4 members (excludes halogenated alkanes) is 1. The van der Waals surface area contributed by atoms with Gasteiger partial charge >= 0.3 is 0 Å². The van der Waals surface area contributed by atoms with Crippen molar-refractivity contribution in [3.63, 3.8) is 0 Å². The minimum absolute atomic E-state index is 0.0201. The molecule has 0 spiro atoms. The third kappa shape index (κ3) is 6.13. The van der Waals surface area contributed by atoms with Crippen LogP contribution in [0.3, 0.4) is 0 Å². The average molecular weight is 217 g/mol. The molecule has 0 amide bonds. The Labute approximate surface area is 93.9 Å². The molecule has 0 bridgehead atoms. The first-order valence-electron chi connectivity index (χ1n) is 6.08. The van der Waals surface area contributed by atoms with E-state index >= 15 is 0 Å². The fourth-order valence-corrected chi connectivity index (χ4v) is 1.50. The highest BCUT2D eigenvalue weighted by Crippen LogP contribution is 2.13. The van der Waals surface area contributed by atoms with Crippen molar-refractivity contribution in [3.8, 4) is 0 Å². The Morgan fingerprint density at radius 2 is 1.80 bits per heavy atom. The predicted molar refractivity (Wildman–Crippen MR) is 63.9 cm³/mol. The lowest BCUT2D eigenvalue weighted by Crippen LogP contribution is -2.50. The number of aliphatic hydroxyl groups excluding tert-OH is 2. The van der Waals surface area contributed by atoms with Gasteiger partial charge in [-0.3, -0.25) is 0 Å². The lowest BCUT2D eigenvalue weighted by Gasteiger charge is -2.28. The zero-order valence-corrected chi connectivity index (χ0v) is 10.4. The Hall–Kier alpha value is -0.120. The van der Waals surface area contributed by atoms with Crippen molar-refractivity contribution in [2.45, 2.75) is 52.0 Å². The van der Waals surface area contributed by atoms with Crippen LogP contribution in [-0.4, -0.2) is 35.5 Å². The van der Waals surface area contributed by atoms with Crippen LogP contribution in [0.15, 0.2) is 0 Å². The molecule has 0 aromatic heterocycles. The van der Waals surface area contributed by atoms with Crippen LogP contribution in [0.5, 0.6) is 0 Å². The van der Waals surface area contributed by atoms with Crippen LogP contribution < -0.4 is 5.32 Å². The molecule has 0 aliphatic carbocycles. The normalized spacial score (nSPS) is 14.2. The first kappa shape index (κ1) is 14.9. The van der Waals surface area contributed by atoms with Crippen molar-refractivity contribution in [2.24, 2.45) is 5.92 Å². The molecule has 0 saturated heterocycles. The van der Waals surface area contributed by atoms with E-state index in [-0.39, 0.29) is 13.2 Å². The smallest absolute Gasteiger partial charge is 0.0633 e. The van der Waals surface area contributed by atoms with E-state index in [4.69, 9.17) is 10.2 Å². The van der Waals surface area contributed by atoms with Gasteiger partial charge in [0.25, 0.3) is 0 Å². The van der Waals surface area contributed by atoms with Crippen molar-refractivity contribution in [1.82, 2.24) is 5.32 Å². The van der Waals surface area contributed by atoms with Crippen LogP contribution in [0, 0.1) is 5.92 Å². The second-order valence-electron chi connectivity index (χ2n) is 4.67. The summed E-state index contributed by atoms with van der Waals surface area (Å²) in [6.07, 6.45) is 4.87. The van der Waals surface area contributed by atoms with Gasteiger partial charge in [-0.1, -0.05) is 33.1 Å². The van der Waals surface area contributed by atoms with Gasteiger partial charge in [-0.15, -0.1) is 0 Å². The zero-order chi connectivity index (χ0) is 11.7. The third-order valence-electron chi connectivity index (χ3n) is 3.06. The zero-order valence-electron chi connectivity index (χ0n) is 10.4. The van der Waals surface area contributed by atoms with Gasteiger partial charge in [-0.05, 0) is 25.8 Å². The van der Waals surface area contributed by atoms with E-state index in [1.54, 1.807) is 0 Å². The standard InChI is InChI=1S/C12H27NO2/c1-4-6-7-11(5-2)8-13-12(3,9-14)10-15/h11,13-15H,4-10H2,1-3H3. The minimum Gasteiger partial charge on any atom is -0.394 e. The van der Waals surface area contributed by atoms with E-state index in [0.29, 0.717) is 5.92 Å². The Bertz CT molecular complexity index is 147. The second-order valence-corrected chi connectivity index (χ2v) is 4.67. The van der Waals surface area contributed by atoms with Gasteiger partial charge in [0, 0.05) is 0 Å². The summed E-state index contributed by atoms with van der Waals surface area (Å²) in [6, 6.07) is 0.